The summed E-state index contributed by atoms with van der Waals surface area (Å²) >= 11 is 1.05. The van der Waals surface area contributed by atoms with E-state index in [1.807, 2.05) is 0 Å². The number of ether oxygens (including phenoxy) is 1. The molecule has 1 aliphatic heterocycles. The average Bonchev–Trinajstić information content (AvgIpc) is 2.54. The predicted molar refractivity (Wildman–Crippen MR) is 85.9 cm³/mol. The highest BCUT2D eigenvalue weighted by atomic mass is 32.2. The van der Waals surface area contributed by atoms with Crippen LogP contribution in [0.2, 0.25) is 0 Å². The molecule has 1 aromatic carbocycles. The Morgan fingerprint density at radius 3 is 2.57 bits per heavy atom. The summed E-state index contributed by atoms with van der Waals surface area (Å²) in [5, 5.41) is 8.64. The molecule has 1 fully saturated rings. The van der Waals surface area contributed by atoms with Gasteiger partial charge in [0.25, 0.3) is 0 Å². The van der Waals surface area contributed by atoms with Gasteiger partial charge in [-0.2, -0.15) is 0 Å². The van der Waals surface area contributed by atoms with Gasteiger partial charge in [0.15, 0.2) is 5.17 Å². The van der Waals surface area contributed by atoms with Crippen molar-refractivity contribution in [3.05, 3.63) is 29.8 Å². The molecule has 8 heteroatoms. The lowest BCUT2D eigenvalue weighted by Crippen LogP contribution is -2.43. The van der Waals surface area contributed by atoms with Crippen LogP contribution < -0.4 is 0 Å². The standard InChI is InChI=1S/C15H16N2O5S/c1-3-17-12(18)8-11(13(19)20)23-15(17)16-10-6-4-9(5-7-10)14(21)22-2/h4-7,11H,3,8H2,1-2H3,(H,19,20). The quantitative estimate of drug-likeness (QED) is 0.844. The van der Waals surface area contributed by atoms with Crippen molar-refractivity contribution in [2.75, 3.05) is 13.7 Å². The minimum Gasteiger partial charge on any atom is -0.480 e. The Bertz CT molecular complexity index is 656. The van der Waals surface area contributed by atoms with E-state index < -0.39 is 17.2 Å². The molecule has 23 heavy (non-hydrogen) atoms. The number of methoxy groups -OCH3 is 1. The monoisotopic (exact) mass is 336 g/mol. The van der Waals surface area contributed by atoms with Crippen molar-refractivity contribution in [3.63, 3.8) is 0 Å². The number of aliphatic carboxylic acids is 1. The number of thioether (sulfide) groups is 1. The van der Waals surface area contributed by atoms with E-state index in [-0.39, 0.29) is 12.3 Å². The van der Waals surface area contributed by atoms with Crippen molar-refractivity contribution in [2.24, 2.45) is 4.99 Å². The van der Waals surface area contributed by atoms with Gasteiger partial charge in [0, 0.05) is 6.54 Å². The van der Waals surface area contributed by atoms with Crippen molar-refractivity contribution < 1.29 is 24.2 Å². The molecular weight excluding hydrogens is 320 g/mol. The lowest BCUT2D eigenvalue weighted by Gasteiger charge is -2.29. The number of benzene rings is 1. The topological polar surface area (TPSA) is 96.3 Å². The van der Waals surface area contributed by atoms with Gasteiger partial charge < -0.3 is 9.84 Å². The lowest BCUT2D eigenvalue weighted by molar-refractivity contribution is -0.139. The van der Waals surface area contributed by atoms with E-state index in [4.69, 9.17) is 5.11 Å². The minimum absolute atomic E-state index is 0.0475. The Kier molecular flexibility index (Phi) is 5.38. The second-order valence-electron chi connectivity index (χ2n) is 4.72. The lowest BCUT2D eigenvalue weighted by atomic mass is 10.2. The van der Waals surface area contributed by atoms with Crippen LogP contribution >= 0.6 is 11.8 Å². The fraction of sp³-hybridized carbons (Fsp3) is 0.333. The Hall–Kier alpha value is -2.35. The summed E-state index contributed by atoms with van der Waals surface area (Å²) in [5.41, 5.74) is 0.914. The van der Waals surface area contributed by atoms with Crippen molar-refractivity contribution in [1.82, 2.24) is 4.90 Å². The maximum atomic E-state index is 12.0. The molecule has 1 unspecified atom stereocenters. The molecule has 7 nitrogen and oxygen atoms in total. The van der Waals surface area contributed by atoms with Crippen LogP contribution in [0.15, 0.2) is 29.3 Å². The molecule has 1 atom stereocenters. The van der Waals surface area contributed by atoms with Gasteiger partial charge in [-0.1, -0.05) is 11.8 Å². The van der Waals surface area contributed by atoms with E-state index in [0.717, 1.165) is 11.8 Å². The second-order valence-corrected chi connectivity index (χ2v) is 5.89. The van der Waals surface area contributed by atoms with Gasteiger partial charge in [-0.25, -0.2) is 9.79 Å². The number of carboxylic acids is 1. The maximum absolute atomic E-state index is 12.0. The number of aliphatic imine (C=N–C) groups is 1. The third kappa shape index (κ3) is 3.89. The average molecular weight is 336 g/mol. The number of hydrogen-bond donors (Lipinski definition) is 1. The zero-order chi connectivity index (χ0) is 17.0. The van der Waals surface area contributed by atoms with Gasteiger partial charge in [-0.3, -0.25) is 14.5 Å². The van der Waals surface area contributed by atoms with E-state index in [9.17, 15) is 14.4 Å². The van der Waals surface area contributed by atoms with Crippen molar-refractivity contribution in [3.8, 4) is 0 Å². The normalized spacial score (nSPS) is 19.7. The van der Waals surface area contributed by atoms with Gasteiger partial charge in [0.2, 0.25) is 5.91 Å². The molecule has 1 amide bonds. The Balaban J connectivity index is 2.28. The highest BCUT2D eigenvalue weighted by Crippen LogP contribution is 2.29. The fourth-order valence-electron chi connectivity index (χ4n) is 2.04. The van der Waals surface area contributed by atoms with Crippen molar-refractivity contribution in [1.29, 1.82) is 0 Å². The molecule has 1 aliphatic rings. The molecule has 0 saturated carbocycles. The molecule has 1 heterocycles. The highest BCUT2D eigenvalue weighted by molar-refractivity contribution is 8.15. The van der Waals surface area contributed by atoms with Crippen LogP contribution in [-0.2, 0) is 14.3 Å². The Labute approximate surface area is 137 Å². The van der Waals surface area contributed by atoms with Crippen LogP contribution in [0.4, 0.5) is 5.69 Å². The summed E-state index contributed by atoms with van der Waals surface area (Å²) < 4.78 is 4.62. The van der Waals surface area contributed by atoms with Crippen LogP contribution in [0.25, 0.3) is 0 Å². The molecule has 0 spiro atoms. The number of amides is 1. The zero-order valence-corrected chi connectivity index (χ0v) is 13.5. The van der Waals surface area contributed by atoms with Crippen LogP contribution in [0, 0.1) is 0 Å². The molecule has 122 valence electrons. The summed E-state index contributed by atoms with van der Waals surface area (Å²) in [7, 11) is 1.30. The van der Waals surface area contributed by atoms with Gasteiger partial charge in [0.1, 0.15) is 5.25 Å². The molecule has 0 bridgehead atoms. The summed E-state index contributed by atoms with van der Waals surface area (Å²) in [4.78, 5) is 40.4. The first-order valence-electron chi connectivity index (χ1n) is 6.93. The first-order valence-corrected chi connectivity index (χ1v) is 7.81. The summed E-state index contributed by atoms with van der Waals surface area (Å²) in [6.45, 7) is 2.21. The number of carbonyl (C=O) groups excluding carboxylic acids is 2. The number of hydrogen-bond acceptors (Lipinski definition) is 6. The third-order valence-corrected chi connectivity index (χ3v) is 4.42. The van der Waals surface area contributed by atoms with E-state index in [2.05, 4.69) is 9.73 Å². The molecule has 0 radical (unpaired) electrons. The van der Waals surface area contributed by atoms with E-state index in [1.54, 1.807) is 31.2 Å². The first kappa shape index (κ1) is 17.0. The number of carboxylic acid groups (broad SMARTS) is 1. The van der Waals surface area contributed by atoms with Gasteiger partial charge >= 0.3 is 11.9 Å². The molecule has 1 saturated heterocycles. The van der Waals surface area contributed by atoms with E-state index in [1.165, 1.54) is 12.0 Å². The predicted octanol–water partition coefficient (Wildman–Crippen LogP) is 1.90. The number of esters is 1. The summed E-state index contributed by atoms with van der Waals surface area (Å²) in [6.07, 6.45) is -0.0475. The summed E-state index contributed by atoms with van der Waals surface area (Å²) in [5.74, 6) is -1.75. The summed E-state index contributed by atoms with van der Waals surface area (Å²) in [6, 6.07) is 6.35. The van der Waals surface area contributed by atoms with Crippen LogP contribution in [0.3, 0.4) is 0 Å². The van der Waals surface area contributed by atoms with Gasteiger partial charge in [-0.05, 0) is 31.2 Å². The van der Waals surface area contributed by atoms with Crippen LogP contribution in [0.5, 0.6) is 0 Å². The fourth-order valence-corrected chi connectivity index (χ4v) is 3.14. The molecule has 0 aliphatic carbocycles. The smallest absolute Gasteiger partial charge is 0.337 e. The highest BCUT2D eigenvalue weighted by Gasteiger charge is 2.34. The number of carbonyl (C=O) groups is 3. The second kappa shape index (κ2) is 7.28. The van der Waals surface area contributed by atoms with Crippen LogP contribution in [0.1, 0.15) is 23.7 Å². The van der Waals surface area contributed by atoms with Crippen molar-refractivity contribution >= 4 is 40.5 Å². The largest absolute Gasteiger partial charge is 0.480 e. The van der Waals surface area contributed by atoms with E-state index >= 15 is 0 Å². The number of rotatable bonds is 4. The first-order chi connectivity index (χ1) is 11.0. The van der Waals surface area contributed by atoms with E-state index in [0.29, 0.717) is 23.0 Å². The van der Waals surface area contributed by atoms with Gasteiger partial charge in [0.05, 0.1) is 24.8 Å². The molecule has 1 aromatic rings. The Morgan fingerprint density at radius 1 is 1.39 bits per heavy atom. The van der Waals surface area contributed by atoms with Crippen LogP contribution in [-0.4, -0.2) is 51.9 Å². The zero-order valence-electron chi connectivity index (χ0n) is 12.7. The van der Waals surface area contributed by atoms with Crippen molar-refractivity contribution in [2.45, 2.75) is 18.6 Å². The maximum Gasteiger partial charge on any atom is 0.337 e. The molecule has 2 rings (SSSR count). The van der Waals surface area contributed by atoms with Gasteiger partial charge in [-0.15, -0.1) is 0 Å². The number of nitrogens with zero attached hydrogens (tertiary/aromatic N) is 2. The third-order valence-electron chi connectivity index (χ3n) is 3.24. The molecule has 0 aromatic heterocycles. The molecule has 1 N–H and O–H groups in total. The number of amidine groups is 1. The minimum atomic E-state index is -1.03. The molecular formula is C15H16N2O5S. The Morgan fingerprint density at radius 2 is 2.04 bits per heavy atom. The SMILES string of the molecule is CCN1C(=O)CC(C(=O)O)SC1=Nc1ccc(C(=O)OC)cc1.